The van der Waals surface area contributed by atoms with Gasteiger partial charge in [0.25, 0.3) is 0 Å². The predicted molar refractivity (Wildman–Crippen MR) is 144 cm³/mol. The summed E-state index contributed by atoms with van der Waals surface area (Å²) in [5.41, 5.74) is 4.62. The van der Waals surface area contributed by atoms with E-state index < -0.39 is 5.91 Å². The van der Waals surface area contributed by atoms with Gasteiger partial charge >= 0.3 is 5.91 Å². The molecule has 0 fully saturated rings. The van der Waals surface area contributed by atoms with E-state index in [1.807, 2.05) is 26.0 Å². The van der Waals surface area contributed by atoms with Gasteiger partial charge in [0.05, 0.1) is 23.0 Å². The van der Waals surface area contributed by atoms with Crippen molar-refractivity contribution in [2.45, 2.75) is 20.5 Å². The Kier molecular flexibility index (Phi) is 8.42. The first-order valence-electron chi connectivity index (χ1n) is 11.3. The molecule has 1 aromatic heterocycles. The summed E-state index contributed by atoms with van der Waals surface area (Å²) in [6, 6.07) is 16.8. The average Bonchev–Trinajstić information content (AvgIpc) is 3.29. The maximum Gasteiger partial charge on any atom is 0.307 e. The molecule has 0 saturated heterocycles. The van der Waals surface area contributed by atoms with Crippen LogP contribution in [0.4, 0.5) is 4.39 Å². The smallest absolute Gasteiger partial charge is 0.307 e. The Morgan fingerprint density at radius 2 is 1.81 bits per heavy atom. The van der Waals surface area contributed by atoms with Crippen LogP contribution in [-0.2, 0) is 6.61 Å². The highest BCUT2D eigenvalue weighted by Gasteiger charge is 2.14. The zero-order valence-electron chi connectivity index (χ0n) is 19.7. The van der Waals surface area contributed by atoms with Gasteiger partial charge in [-0.2, -0.15) is 5.10 Å². The third kappa shape index (κ3) is 6.34. The van der Waals surface area contributed by atoms with Crippen LogP contribution in [-0.4, -0.2) is 25.3 Å². The molecule has 3 aromatic carbocycles. The molecule has 0 aliphatic heterocycles. The van der Waals surface area contributed by atoms with Gasteiger partial charge in [0, 0.05) is 5.39 Å². The number of fused-ring (bicyclic) bond motifs is 1. The first-order valence-corrected chi connectivity index (χ1v) is 12.4. The SMILES string of the molecule is CCOc1ccc2oc(C(=O)N/N=C/c3cc(I)c(OCc4ccc(F)cc4)c(OCC)c3)cc2c1. The quantitative estimate of drug-likeness (QED) is 0.131. The molecule has 186 valence electrons. The zero-order chi connectivity index (χ0) is 25.5. The minimum Gasteiger partial charge on any atom is -0.494 e. The lowest BCUT2D eigenvalue weighted by Gasteiger charge is -2.14. The van der Waals surface area contributed by atoms with E-state index in [9.17, 15) is 9.18 Å². The fourth-order valence-electron chi connectivity index (χ4n) is 3.41. The number of halogens is 2. The van der Waals surface area contributed by atoms with Crippen molar-refractivity contribution < 1.29 is 27.8 Å². The lowest BCUT2D eigenvalue weighted by Crippen LogP contribution is -2.16. The van der Waals surface area contributed by atoms with Crippen LogP contribution in [0.2, 0.25) is 0 Å². The summed E-state index contributed by atoms with van der Waals surface area (Å²) in [5, 5.41) is 4.83. The Morgan fingerprint density at radius 3 is 2.56 bits per heavy atom. The second kappa shape index (κ2) is 11.9. The van der Waals surface area contributed by atoms with Crippen molar-refractivity contribution in [2.75, 3.05) is 13.2 Å². The molecular formula is C27H24FIN2O5. The van der Waals surface area contributed by atoms with Crippen LogP contribution in [0.1, 0.15) is 35.5 Å². The largest absolute Gasteiger partial charge is 0.494 e. The van der Waals surface area contributed by atoms with E-state index in [-0.39, 0.29) is 18.2 Å². The normalized spacial score (nSPS) is 11.1. The Balaban J connectivity index is 1.44. The predicted octanol–water partition coefficient (Wildman–Crippen LogP) is 6.32. The minimum absolute atomic E-state index is 0.143. The van der Waals surface area contributed by atoms with E-state index in [4.69, 9.17) is 18.6 Å². The second-order valence-electron chi connectivity index (χ2n) is 7.62. The number of rotatable bonds is 10. The molecule has 0 saturated carbocycles. The maximum absolute atomic E-state index is 13.1. The number of ether oxygens (including phenoxy) is 3. The molecule has 4 aromatic rings. The number of hydrogen-bond donors (Lipinski definition) is 1. The molecule has 1 amide bonds. The molecule has 36 heavy (non-hydrogen) atoms. The molecule has 9 heteroatoms. The lowest BCUT2D eigenvalue weighted by molar-refractivity contribution is 0.0929. The number of benzene rings is 3. The standard InChI is InChI=1S/C27H24FIN2O5/c1-3-33-21-9-10-23-19(13-21)14-25(36-23)27(32)31-30-15-18-11-22(29)26(24(12-18)34-4-2)35-16-17-5-7-20(28)8-6-17/h5-15H,3-4,16H2,1-2H3,(H,31,32)/b30-15+. The molecule has 1 N–H and O–H groups in total. The molecule has 0 aliphatic carbocycles. The van der Waals surface area contributed by atoms with Crippen molar-refractivity contribution in [1.82, 2.24) is 5.43 Å². The van der Waals surface area contributed by atoms with Crippen LogP contribution in [0.5, 0.6) is 17.2 Å². The number of nitrogens with one attached hydrogen (secondary N) is 1. The topological polar surface area (TPSA) is 82.3 Å². The Hall–Kier alpha value is -3.60. The third-order valence-electron chi connectivity index (χ3n) is 5.03. The van der Waals surface area contributed by atoms with Crippen LogP contribution in [0, 0.1) is 9.39 Å². The highest BCUT2D eigenvalue weighted by molar-refractivity contribution is 14.1. The van der Waals surface area contributed by atoms with E-state index in [1.165, 1.54) is 18.3 Å². The molecule has 0 atom stereocenters. The van der Waals surface area contributed by atoms with Gasteiger partial charge in [0.2, 0.25) is 0 Å². The fraction of sp³-hybridized carbons (Fsp3) is 0.185. The average molecular weight is 602 g/mol. The summed E-state index contributed by atoms with van der Waals surface area (Å²) < 4.78 is 36.8. The monoisotopic (exact) mass is 602 g/mol. The fourth-order valence-corrected chi connectivity index (χ4v) is 4.19. The molecule has 4 rings (SSSR count). The summed E-state index contributed by atoms with van der Waals surface area (Å²) >= 11 is 2.15. The van der Waals surface area contributed by atoms with Crippen molar-refractivity contribution in [3.8, 4) is 17.2 Å². The van der Waals surface area contributed by atoms with E-state index >= 15 is 0 Å². The van der Waals surface area contributed by atoms with Crippen molar-refractivity contribution in [2.24, 2.45) is 5.10 Å². The highest BCUT2D eigenvalue weighted by Crippen LogP contribution is 2.34. The number of hydrogen-bond acceptors (Lipinski definition) is 6. The third-order valence-corrected chi connectivity index (χ3v) is 5.83. The molecule has 7 nitrogen and oxygen atoms in total. The molecule has 0 aliphatic rings. The number of amides is 1. The summed E-state index contributed by atoms with van der Waals surface area (Å²) in [5.74, 6) is 1.21. The van der Waals surface area contributed by atoms with Crippen LogP contribution in [0.25, 0.3) is 11.0 Å². The molecule has 1 heterocycles. The van der Waals surface area contributed by atoms with Gasteiger partial charge in [-0.3, -0.25) is 4.79 Å². The van der Waals surface area contributed by atoms with Crippen molar-refractivity contribution in [3.05, 3.63) is 86.9 Å². The van der Waals surface area contributed by atoms with Crippen molar-refractivity contribution >= 4 is 45.7 Å². The highest BCUT2D eigenvalue weighted by atomic mass is 127. The molecular weight excluding hydrogens is 578 g/mol. The van der Waals surface area contributed by atoms with Gasteiger partial charge in [-0.05, 0) is 96.1 Å². The molecule has 0 bridgehead atoms. The minimum atomic E-state index is -0.473. The summed E-state index contributed by atoms with van der Waals surface area (Å²) in [6.45, 7) is 5.04. The van der Waals surface area contributed by atoms with Gasteiger partial charge in [-0.15, -0.1) is 0 Å². The van der Waals surface area contributed by atoms with Crippen molar-refractivity contribution in [1.29, 1.82) is 0 Å². The maximum atomic E-state index is 13.1. The first-order chi connectivity index (χ1) is 17.5. The van der Waals surface area contributed by atoms with Crippen LogP contribution < -0.4 is 19.6 Å². The van der Waals surface area contributed by atoms with Gasteiger partial charge in [0.1, 0.15) is 23.8 Å². The van der Waals surface area contributed by atoms with E-state index in [2.05, 4.69) is 33.1 Å². The zero-order valence-corrected chi connectivity index (χ0v) is 21.9. The summed E-state index contributed by atoms with van der Waals surface area (Å²) in [4.78, 5) is 12.5. The number of carbonyl (C=O) groups excluding carboxylic acids is 1. The lowest BCUT2D eigenvalue weighted by atomic mass is 10.2. The number of carbonyl (C=O) groups is 1. The molecule has 0 radical (unpaired) electrons. The Morgan fingerprint density at radius 1 is 1.03 bits per heavy atom. The number of nitrogens with zero attached hydrogens (tertiary/aromatic N) is 1. The first kappa shape index (κ1) is 25.5. The van der Waals surface area contributed by atoms with Crippen molar-refractivity contribution in [3.63, 3.8) is 0 Å². The van der Waals surface area contributed by atoms with Crippen LogP contribution in [0.15, 0.2) is 70.2 Å². The number of furan rings is 1. The summed E-state index contributed by atoms with van der Waals surface area (Å²) in [6.07, 6.45) is 1.52. The Bertz CT molecular complexity index is 1390. The molecule has 0 unspecified atom stereocenters. The summed E-state index contributed by atoms with van der Waals surface area (Å²) in [7, 11) is 0. The molecule has 0 spiro atoms. The van der Waals surface area contributed by atoms with E-state index in [0.717, 1.165) is 14.5 Å². The van der Waals surface area contributed by atoms with E-state index in [1.54, 1.807) is 36.4 Å². The van der Waals surface area contributed by atoms with Gasteiger partial charge in [-0.25, -0.2) is 9.82 Å². The van der Waals surface area contributed by atoms with Crippen LogP contribution >= 0.6 is 22.6 Å². The number of hydrazone groups is 1. The van der Waals surface area contributed by atoms with Gasteiger partial charge < -0.3 is 18.6 Å². The van der Waals surface area contributed by atoms with Gasteiger partial charge in [-0.1, -0.05) is 12.1 Å². The Labute approximate surface area is 221 Å². The van der Waals surface area contributed by atoms with Crippen LogP contribution in [0.3, 0.4) is 0 Å². The van der Waals surface area contributed by atoms with E-state index in [0.29, 0.717) is 41.6 Å². The van der Waals surface area contributed by atoms with Gasteiger partial charge in [0.15, 0.2) is 17.3 Å². The second-order valence-corrected chi connectivity index (χ2v) is 8.78.